The molecule has 6 nitrogen and oxygen atoms in total. The number of halogens is 1. The molecular weight excluding hydrogens is 296 g/mol. The van der Waals surface area contributed by atoms with Gasteiger partial charge in [0.05, 0.1) is 19.3 Å². The van der Waals surface area contributed by atoms with Crippen LogP contribution in [0.15, 0.2) is 18.2 Å². The van der Waals surface area contributed by atoms with E-state index in [1.165, 1.54) is 7.11 Å². The quantitative estimate of drug-likeness (QED) is 0.818. The standard InChI is InChI=1S/C14H18N2O4.ClH/c1-9-3-4-10(14(18)19-2)7-11(9)16-13(17)12-8-15-5-6-20-12;/h3-4,7,12,15H,5-6,8H2,1-2H3,(H,16,17);1H. The summed E-state index contributed by atoms with van der Waals surface area (Å²) >= 11 is 0. The molecule has 1 aliphatic rings. The number of nitrogens with one attached hydrogen (secondary N) is 2. The maximum atomic E-state index is 12.1. The molecule has 0 saturated carbocycles. The Labute approximate surface area is 129 Å². The van der Waals surface area contributed by atoms with Gasteiger partial charge in [0.25, 0.3) is 5.91 Å². The number of carbonyl (C=O) groups excluding carboxylic acids is 2. The summed E-state index contributed by atoms with van der Waals surface area (Å²) in [5.41, 5.74) is 1.86. The molecule has 0 bridgehead atoms. The highest BCUT2D eigenvalue weighted by molar-refractivity contribution is 5.97. The molecule has 1 unspecified atom stereocenters. The average molecular weight is 315 g/mol. The minimum atomic E-state index is -0.509. The van der Waals surface area contributed by atoms with Gasteiger partial charge in [0, 0.05) is 18.8 Å². The van der Waals surface area contributed by atoms with Crippen LogP contribution in [0, 0.1) is 6.92 Å². The fraction of sp³-hybridized carbons (Fsp3) is 0.429. The van der Waals surface area contributed by atoms with Gasteiger partial charge in [-0.1, -0.05) is 6.07 Å². The normalized spacial score (nSPS) is 17.5. The molecule has 21 heavy (non-hydrogen) atoms. The van der Waals surface area contributed by atoms with Crippen molar-refractivity contribution in [2.24, 2.45) is 0 Å². The maximum absolute atomic E-state index is 12.1. The van der Waals surface area contributed by atoms with Crippen LogP contribution < -0.4 is 10.6 Å². The highest BCUT2D eigenvalue weighted by Crippen LogP contribution is 2.18. The Morgan fingerprint density at radius 2 is 2.19 bits per heavy atom. The summed E-state index contributed by atoms with van der Waals surface area (Å²) in [6.45, 7) is 3.61. The van der Waals surface area contributed by atoms with Crippen LogP contribution >= 0.6 is 12.4 Å². The second kappa shape index (κ2) is 7.97. The van der Waals surface area contributed by atoms with Crippen molar-refractivity contribution >= 4 is 30.0 Å². The van der Waals surface area contributed by atoms with Crippen LogP contribution in [0.3, 0.4) is 0 Å². The van der Waals surface area contributed by atoms with Gasteiger partial charge in [-0.3, -0.25) is 4.79 Å². The zero-order valence-electron chi connectivity index (χ0n) is 12.0. The number of aryl methyl sites for hydroxylation is 1. The predicted octanol–water partition coefficient (Wildman–Crippen LogP) is 1.13. The number of hydrogen-bond acceptors (Lipinski definition) is 5. The van der Waals surface area contributed by atoms with Crippen LogP contribution in [-0.4, -0.2) is 44.8 Å². The average Bonchev–Trinajstić information content (AvgIpc) is 2.49. The van der Waals surface area contributed by atoms with E-state index in [0.717, 1.165) is 12.1 Å². The smallest absolute Gasteiger partial charge is 0.337 e. The summed E-state index contributed by atoms with van der Waals surface area (Å²) in [4.78, 5) is 23.6. The van der Waals surface area contributed by atoms with Gasteiger partial charge in [0.1, 0.15) is 6.10 Å². The Kier molecular flexibility index (Phi) is 6.61. The van der Waals surface area contributed by atoms with Crippen LogP contribution in [0.2, 0.25) is 0 Å². The Morgan fingerprint density at radius 3 is 2.81 bits per heavy atom. The zero-order chi connectivity index (χ0) is 14.5. The lowest BCUT2D eigenvalue weighted by atomic mass is 10.1. The molecule has 2 N–H and O–H groups in total. The summed E-state index contributed by atoms with van der Waals surface area (Å²) in [6, 6.07) is 5.03. The first-order valence-corrected chi connectivity index (χ1v) is 6.44. The number of morpholine rings is 1. The van der Waals surface area contributed by atoms with Crippen molar-refractivity contribution < 1.29 is 19.1 Å². The summed E-state index contributed by atoms with van der Waals surface area (Å²) in [6.07, 6.45) is -0.509. The van der Waals surface area contributed by atoms with Gasteiger partial charge in [-0.05, 0) is 24.6 Å². The van der Waals surface area contributed by atoms with Crippen LogP contribution in [0.1, 0.15) is 15.9 Å². The van der Waals surface area contributed by atoms with Gasteiger partial charge >= 0.3 is 5.97 Å². The molecule has 1 aromatic rings. The molecule has 0 radical (unpaired) electrons. The van der Waals surface area contributed by atoms with Crippen LogP contribution in [0.25, 0.3) is 0 Å². The fourth-order valence-corrected chi connectivity index (χ4v) is 1.95. The van der Waals surface area contributed by atoms with Crippen LogP contribution in [0.4, 0.5) is 5.69 Å². The third-order valence-electron chi connectivity index (χ3n) is 3.14. The predicted molar refractivity (Wildman–Crippen MR) is 81.0 cm³/mol. The Balaban J connectivity index is 0.00000220. The van der Waals surface area contributed by atoms with Gasteiger partial charge < -0.3 is 20.1 Å². The van der Waals surface area contributed by atoms with E-state index in [9.17, 15) is 9.59 Å². The molecule has 1 atom stereocenters. The first-order chi connectivity index (χ1) is 9.61. The topological polar surface area (TPSA) is 76.7 Å². The van der Waals surface area contributed by atoms with Gasteiger partial charge in [-0.25, -0.2) is 4.79 Å². The van der Waals surface area contributed by atoms with Gasteiger partial charge in [-0.2, -0.15) is 0 Å². The van der Waals surface area contributed by atoms with E-state index in [1.807, 2.05) is 6.92 Å². The van der Waals surface area contributed by atoms with E-state index in [0.29, 0.717) is 24.4 Å². The molecule has 2 rings (SSSR count). The van der Waals surface area contributed by atoms with Crippen molar-refractivity contribution in [2.45, 2.75) is 13.0 Å². The number of anilines is 1. The van der Waals surface area contributed by atoms with Gasteiger partial charge in [-0.15, -0.1) is 12.4 Å². The molecule has 1 aromatic carbocycles. The first kappa shape index (κ1) is 17.4. The lowest BCUT2D eigenvalue weighted by molar-refractivity contribution is -0.128. The largest absolute Gasteiger partial charge is 0.465 e. The fourth-order valence-electron chi connectivity index (χ4n) is 1.95. The Morgan fingerprint density at radius 1 is 1.43 bits per heavy atom. The number of hydrogen-bond donors (Lipinski definition) is 2. The first-order valence-electron chi connectivity index (χ1n) is 6.44. The van der Waals surface area contributed by atoms with Crippen LogP contribution in [0.5, 0.6) is 0 Å². The molecule has 1 fully saturated rings. The number of rotatable bonds is 3. The third kappa shape index (κ3) is 4.42. The highest BCUT2D eigenvalue weighted by atomic mass is 35.5. The molecule has 116 valence electrons. The SMILES string of the molecule is COC(=O)c1ccc(C)c(NC(=O)C2CNCCO2)c1.Cl. The van der Waals surface area contributed by atoms with E-state index in [-0.39, 0.29) is 18.3 Å². The number of benzene rings is 1. The molecule has 1 heterocycles. The molecule has 0 spiro atoms. The van der Waals surface area contributed by atoms with E-state index in [1.54, 1.807) is 18.2 Å². The number of amides is 1. The zero-order valence-corrected chi connectivity index (χ0v) is 12.8. The Bertz CT molecular complexity index is 516. The lowest BCUT2D eigenvalue weighted by Crippen LogP contribution is -2.45. The summed E-state index contributed by atoms with van der Waals surface area (Å²) in [7, 11) is 1.32. The monoisotopic (exact) mass is 314 g/mol. The second-order valence-corrected chi connectivity index (χ2v) is 4.57. The van der Waals surface area contributed by atoms with Crippen molar-refractivity contribution in [3.63, 3.8) is 0 Å². The molecule has 0 aromatic heterocycles. The van der Waals surface area contributed by atoms with Crippen LogP contribution in [-0.2, 0) is 14.3 Å². The van der Waals surface area contributed by atoms with Crippen molar-refractivity contribution in [3.05, 3.63) is 29.3 Å². The summed E-state index contributed by atoms with van der Waals surface area (Å²) in [5, 5.41) is 5.88. The van der Waals surface area contributed by atoms with E-state index in [4.69, 9.17) is 4.74 Å². The lowest BCUT2D eigenvalue weighted by Gasteiger charge is -2.23. The Hall–Kier alpha value is -1.63. The minimum Gasteiger partial charge on any atom is -0.465 e. The molecule has 1 saturated heterocycles. The molecule has 7 heteroatoms. The second-order valence-electron chi connectivity index (χ2n) is 4.57. The molecule has 0 aliphatic carbocycles. The molecule has 1 amide bonds. The van der Waals surface area contributed by atoms with E-state index < -0.39 is 12.1 Å². The maximum Gasteiger partial charge on any atom is 0.337 e. The minimum absolute atomic E-state index is 0. The number of carbonyl (C=O) groups is 2. The van der Waals surface area contributed by atoms with Gasteiger partial charge in [0.15, 0.2) is 0 Å². The number of esters is 1. The van der Waals surface area contributed by atoms with Crippen molar-refractivity contribution in [1.29, 1.82) is 0 Å². The van der Waals surface area contributed by atoms with E-state index >= 15 is 0 Å². The van der Waals surface area contributed by atoms with E-state index in [2.05, 4.69) is 15.4 Å². The highest BCUT2D eigenvalue weighted by Gasteiger charge is 2.22. The van der Waals surface area contributed by atoms with Crippen molar-refractivity contribution in [2.75, 3.05) is 32.1 Å². The molecule has 1 aliphatic heterocycles. The third-order valence-corrected chi connectivity index (χ3v) is 3.14. The van der Waals surface area contributed by atoms with Crippen molar-refractivity contribution in [1.82, 2.24) is 5.32 Å². The van der Waals surface area contributed by atoms with Crippen molar-refractivity contribution in [3.8, 4) is 0 Å². The number of methoxy groups -OCH3 is 1. The summed E-state index contributed by atoms with van der Waals surface area (Å²) in [5.74, 6) is -0.654. The summed E-state index contributed by atoms with van der Waals surface area (Å²) < 4.78 is 10.1. The number of ether oxygens (including phenoxy) is 2. The molecular formula is C14H19ClN2O4. The van der Waals surface area contributed by atoms with Gasteiger partial charge in [0.2, 0.25) is 0 Å².